The van der Waals surface area contributed by atoms with E-state index in [1.807, 2.05) is 36.4 Å². The maximum absolute atomic E-state index is 13.3. The first-order chi connectivity index (χ1) is 16.8. The number of carbonyl (C=O) groups excluding carboxylic acids is 1. The lowest BCUT2D eigenvalue weighted by molar-refractivity contribution is -0.141. The molecule has 0 aliphatic heterocycles. The molecule has 0 saturated heterocycles. The number of nitrogens with one attached hydrogen (secondary N) is 1. The van der Waals surface area contributed by atoms with Crippen LogP contribution in [0.2, 0.25) is 5.02 Å². The van der Waals surface area contributed by atoms with Crippen molar-refractivity contribution in [1.82, 2.24) is 9.78 Å². The molecule has 6 nitrogen and oxygen atoms in total. The Morgan fingerprint density at radius 2 is 1.71 bits per heavy atom. The molecular weight excluding hydrogens is 483 g/mol. The second-order valence-corrected chi connectivity index (χ2v) is 7.75. The van der Waals surface area contributed by atoms with Crippen molar-refractivity contribution < 1.29 is 27.4 Å². The minimum absolute atomic E-state index is 0.168. The molecule has 0 atom stereocenters. The number of methoxy groups -OCH3 is 1. The van der Waals surface area contributed by atoms with Gasteiger partial charge in [0.15, 0.2) is 12.3 Å². The average molecular weight is 502 g/mol. The Morgan fingerprint density at radius 3 is 2.40 bits per heavy atom. The smallest absolute Gasteiger partial charge is 0.435 e. The second kappa shape index (κ2) is 10.1. The molecule has 1 aromatic heterocycles. The molecule has 1 N–H and O–H groups in total. The number of alkyl halides is 3. The van der Waals surface area contributed by atoms with Gasteiger partial charge < -0.3 is 14.8 Å². The monoisotopic (exact) mass is 501 g/mol. The molecule has 1 amide bonds. The number of ether oxygens (including phenoxy) is 2. The fourth-order valence-corrected chi connectivity index (χ4v) is 3.56. The van der Waals surface area contributed by atoms with Crippen molar-refractivity contribution in [2.24, 2.45) is 0 Å². The third kappa shape index (κ3) is 5.58. The van der Waals surface area contributed by atoms with Gasteiger partial charge in [-0.05, 0) is 35.4 Å². The van der Waals surface area contributed by atoms with Crippen LogP contribution in [0.1, 0.15) is 5.69 Å². The number of nitrogens with zero attached hydrogens (tertiary/aromatic N) is 2. The zero-order valence-corrected chi connectivity index (χ0v) is 19.1. The highest BCUT2D eigenvalue weighted by molar-refractivity contribution is 6.32. The van der Waals surface area contributed by atoms with E-state index in [0.29, 0.717) is 17.5 Å². The van der Waals surface area contributed by atoms with Crippen molar-refractivity contribution in [3.8, 4) is 28.4 Å². The highest BCUT2D eigenvalue weighted by Crippen LogP contribution is 2.34. The van der Waals surface area contributed by atoms with E-state index in [1.54, 1.807) is 24.3 Å². The fraction of sp³-hybridized carbons (Fsp3) is 0.120. The number of anilines is 1. The van der Waals surface area contributed by atoms with E-state index in [0.717, 1.165) is 15.8 Å². The van der Waals surface area contributed by atoms with Crippen molar-refractivity contribution >= 4 is 23.2 Å². The number of rotatable bonds is 7. The second-order valence-electron chi connectivity index (χ2n) is 7.35. The van der Waals surface area contributed by atoms with E-state index < -0.39 is 24.4 Å². The van der Waals surface area contributed by atoms with Crippen LogP contribution in [0.25, 0.3) is 16.8 Å². The number of amides is 1. The summed E-state index contributed by atoms with van der Waals surface area (Å²) < 4.78 is 51.5. The van der Waals surface area contributed by atoms with Crippen LogP contribution in [0.5, 0.6) is 11.6 Å². The molecule has 4 rings (SSSR count). The van der Waals surface area contributed by atoms with Gasteiger partial charge in [-0.1, -0.05) is 60.1 Å². The summed E-state index contributed by atoms with van der Waals surface area (Å²) in [4.78, 5) is 12.7. The summed E-state index contributed by atoms with van der Waals surface area (Å²) in [6, 6.07) is 21.8. The predicted octanol–water partition coefficient (Wildman–Crippen LogP) is 6.24. The van der Waals surface area contributed by atoms with Crippen molar-refractivity contribution in [3.63, 3.8) is 0 Å². The predicted molar refractivity (Wildman–Crippen MR) is 126 cm³/mol. The van der Waals surface area contributed by atoms with Gasteiger partial charge in [-0.25, -0.2) is 0 Å². The molecule has 0 bridgehead atoms. The summed E-state index contributed by atoms with van der Waals surface area (Å²) in [5.41, 5.74) is 1.17. The summed E-state index contributed by atoms with van der Waals surface area (Å²) in [6.45, 7) is -0.577. The summed E-state index contributed by atoms with van der Waals surface area (Å²) >= 11 is 6.13. The molecule has 1 heterocycles. The van der Waals surface area contributed by atoms with E-state index >= 15 is 0 Å². The van der Waals surface area contributed by atoms with Crippen LogP contribution in [0, 0.1) is 0 Å². The lowest BCUT2D eigenvalue weighted by atomic mass is 10.0. The maximum Gasteiger partial charge on any atom is 0.435 e. The SMILES string of the molecule is COc1ccc(-c2ccccc2)cc1NC(=O)COc1cc(C(F)(F)F)nn1-c1ccccc1Cl. The first-order valence-corrected chi connectivity index (χ1v) is 10.7. The number of benzene rings is 3. The Labute approximate surface area is 203 Å². The molecule has 180 valence electrons. The largest absolute Gasteiger partial charge is 0.495 e. The standard InChI is InChI=1S/C25H19ClF3N3O3/c1-34-21-12-11-17(16-7-3-2-4-8-16)13-19(21)30-23(33)15-35-24-14-22(25(27,28)29)31-32(24)20-10-6-5-9-18(20)26/h2-14H,15H2,1H3,(H,30,33). The lowest BCUT2D eigenvalue weighted by Gasteiger charge is -2.13. The first kappa shape index (κ1) is 24.2. The maximum atomic E-state index is 13.3. The van der Waals surface area contributed by atoms with Gasteiger partial charge in [-0.2, -0.15) is 23.0 Å². The molecular formula is C25H19ClF3N3O3. The molecule has 3 aromatic carbocycles. The van der Waals surface area contributed by atoms with Gasteiger partial charge in [0.25, 0.3) is 5.91 Å². The van der Waals surface area contributed by atoms with Crippen LogP contribution in [0.3, 0.4) is 0 Å². The minimum atomic E-state index is -4.71. The quantitative estimate of drug-likeness (QED) is 0.326. The Balaban J connectivity index is 1.55. The summed E-state index contributed by atoms with van der Waals surface area (Å²) in [7, 11) is 1.46. The molecule has 0 saturated carbocycles. The highest BCUT2D eigenvalue weighted by Gasteiger charge is 2.36. The zero-order valence-electron chi connectivity index (χ0n) is 18.3. The highest BCUT2D eigenvalue weighted by atomic mass is 35.5. The zero-order chi connectivity index (χ0) is 25.0. The van der Waals surface area contributed by atoms with Gasteiger partial charge in [-0.15, -0.1) is 0 Å². The Bertz CT molecular complexity index is 1340. The van der Waals surface area contributed by atoms with E-state index in [9.17, 15) is 18.0 Å². The Hall–Kier alpha value is -3.98. The molecule has 4 aromatic rings. The Morgan fingerprint density at radius 1 is 1.00 bits per heavy atom. The average Bonchev–Trinajstić information content (AvgIpc) is 3.28. The van der Waals surface area contributed by atoms with E-state index in [1.165, 1.54) is 19.2 Å². The van der Waals surface area contributed by atoms with Crippen LogP contribution in [0.4, 0.5) is 18.9 Å². The van der Waals surface area contributed by atoms with Gasteiger partial charge >= 0.3 is 6.18 Å². The first-order valence-electron chi connectivity index (χ1n) is 10.3. The molecule has 35 heavy (non-hydrogen) atoms. The molecule has 0 radical (unpaired) electrons. The van der Waals surface area contributed by atoms with Crippen molar-refractivity contribution in [2.75, 3.05) is 19.0 Å². The summed E-state index contributed by atoms with van der Waals surface area (Å²) in [5, 5.41) is 6.43. The number of carbonyl (C=O) groups is 1. The minimum Gasteiger partial charge on any atom is -0.495 e. The van der Waals surface area contributed by atoms with Crippen LogP contribution in [0.15, 0.2) is 78.9 Å². The summed E-state index contributed by atoms with van der Waals surface area (Å²) in [6.07, 6.45) is -4.71. The fourth-order valence-electron chi connectivity index (χ4n) is 3.34. The topological polar surface area (TPSA) is 65.4 Å². The van der Waals surface area contributed by atoms with E-state index in [-0.39, 0.29) is 16.6 Å². The third-order valence-corrected chi connectivity index (χ3v) is 5.30. The van der Waals surface area contributed by atoms with Gasteiger partial charge in [0.2, 0.25) is 5.88 Å². The number of para-hydroxylation sites is 1. The molecule has 0 aliphatic carbocycles. The molecule has 0 spiro atoms. The van der Waals surface area contributed by atoms with Gasteiger partial charge in [0.1, 0.15) is 5.75 Å². The van der Waals surface area contributed by atoms with Crippen molar-refractivity contribution in [1.29, 1.82) is 0 Å². The van der Waals surface area contributed by atoms with Gasteiger partial charge in [-0.3, -0.25) is 4.79 Å². The Kier molecular flexibility index (Phi) is 6.97. The van der Waals surface area contributed by atoms with Crippen molar-refractivity contribution in [2.45, 2.75) is 6.18 Å². The number of hydrogen-bond donors (Lipinski definition) is 1. The molecule has 0 fully saturated rings. The van der Waals surface area contributed by atoms with E-state index in [2.05, 4.69) is 10.4 Å². The van der Waals surface area contributed by atoms with Crippen LogP contribution in [-0.4, -0.2) is 29.4 Å². The third-order valence-electron chi connectivity index (χ3n) is 4.98. The number of halogens is 4. The lowest BCUT2D eigenvalue weighted by Crippen LogP contribution is -2.21. The number of hydrogen-bond acceptors (Lipinski definition) is 4. The normalized spacial score (nSPS) is 11.2. The van der Waals surface area contributed by atoms with Gasteiger partial charge in [0, 0.05) is 6.07 Å². The van der Waals surface area contributed by atoms with Crippen molar-refractivity contribution in [3.05, 3.63) is 89.6 Å². The van der Waals surface area contributed by atoms with Crippen LogP contribution in [-0.2, 0) is 11.0 Å². The molecule has 0 aliphatic rings. The van der Waals surface area contributed by atoms with Crippen LogP contribution >= 0.6 is 11.6 Å². The van der Waals surface area contributed by atoms with Crippen LogP contribution < -0.4 is 14.8 Å². The molecule has 0 unspecified atom stereocenters. The summed E-state index contributed by atoms with van der Waals surface area (Å²) in [5.74, 6) is -0.474. The van der Waals surface area contributed by atoms with E-state index in [4.69, 9.17) is 21.1 Å². The van der Waals surface area contributed by atoms with Gasteiger partial charge in [0.05, 0.1) is 23.5 Å². The number of aromatic nitrogens is 2. The molecule has 10 heteroatoms.